The molecule has 1 aromatic carbocycles. The number of hydrogen-bond acceptors (Lipinski definition) is 4. The van der Waals surface area contributed by atoms with Crippen molar-refractivity contribution in [2.24, 2.45) is 5.41 Å². The van der Waals surface area contributed by atoms with E-state index in [0.717, 1.165) is 6.42 Å². The number of hydrogen-bond donors (Lipinski definition) is 1. The van der Waals surface area contributed by atoms with Crippen LogP contribution in [0.1, 0.15) is 26.7 Å². The highest BCUT2D eigenvalue weighted by molar-refractivity contribution is 6.32. The van der Waals surface area contributed by atoms with Gasteiger partial charge in [0.15, 0.2) is 0 Å². The van der Waals surface area contributed by atoms with E-state index in [4.69, 9.17) is 16.3 Å². The number of nitro groups is 1. The summed E-state index contributed by atoms with van der Waals surface area (Å²) in [6.07, 6.45) is 0.854. The summed E-state index contributed by atoms with van der Waals surface area (Å²) in [6, 6.07) is 4.14. The number of rotatable bonds is 4. The number of aliphatic hydroxyl groups excluding tert-OH is 1. The first-order chi connectivity index (χ1) is 8.88. The lowest BCUT2D eigenvalue weighted by molar-refractivity contribution is -0.384. The molecule has 6 heteroatoms. The summed E-state index contributed by atoms with van der Waals surface area (Å²) in [4.78, 5) is 10.1. The lowest BCUT2D eigenvalue weighted by Crippen LogP contribution is -2.57. The minimum absolute atomic E-state index is 0.0655. The number of nitro benzene ring substituents is 1. The van der Waals surface area contributed by atoms with Gasteiger partial charge in [-0.25, -0.2) is 0 Å². The Bertz CT molecular complexity index is 507. The summed E-state index contributed by atoms with van der Waals surface area (Å²) in [6.45, 7) is 3.96. The molecule has 0 aromatic heterocycles. The second kappa shape index (κ2) is 4.98. The molecule has 1 aliphatic rings. The third-order valence-electron chi connectivity index (χ3n) is 4.09. The number of halogens is 1. The first-order valence-electron chi connectivity index (χ1n) is 6.17. The van der Waals surface area contributed by atoms with Gasteiger partial charge in [-0.05, 0) is 12.5 Å². The highest BCUT2D eigenvalue weighted by Crippen LogP contribution is 2.46. The van der Waals surface area contributed by atoms with E-state index in [1.807, 2.05) is 13.8 Å². The van der Waals surface area contributed by atoms with Crippen LogP contribution < -0.4 is 4.74 Å². The van der Waals surface area contributed by atoms with E-state index in [2.05, 4.69) is 0 Å². The Labute approximate surface area is 116 Å². The molecule has 0 amide bonds. The van der Waals surface area contributed by atoms with Gasteiger partial charge in [0.25, 0.3) is 5.69 Å². The van der Waals surface area contributed by atoms with E-state index in [1.54, 1.807) is 0 Å². The summed E-state index contributed by atoms with van der Waals surface area (Å²) < 4.78 is 5.78. The number of nitrogens with zero attached hydrogens (tertiary/aromatic N) is 1. The smallest absolute Gasteiger partial charge is 0.271 e. The van der Waals surface area contributed by atoms with Crippen molar-refractivity contribution in [1.29, 1.82) is 0 Å². The van der Waals surface area contributed by atoms with Crippen LogP contribution in [-0.4, -0.2) is 22.2 Å². The Hall–Kier alpha value is -1.33. The molecular weight excluding hydrogens is 270 g/mol. The Morgan fingerprint density at radius 2 is 2.32 bits per heavy atom. The number of non-ortho nitro benzene ring substituents is 1. The molecule has 3 unspecified atom stereocenters. The van der Waals surface area contributed by atoms with Crippen molar-refractivity contribution in [1.82, 2.24) is 0 Å². The van der Waals surface area contributed by atoms with Crippen LogP contribution >= 0.6 is 11.6 Å². The topological polar surface area (TPSA) is 72.6 Å². The third kappa shape index (κ3) is 2.40. The predicted molar refractivity (Wildman–Crippen MR) is 71.5 cm³/mol. The molecule has 5 nitrogen and oxygen atoms in total. The van der Waals surface area contributed by atoms with Gasteiger partial charge < -0.3 is 9.84 Å². The van der Waals surface area contributed by atoms with Crippen LogP contribution in [-0.2, 0) is 0 Å². The Morgan fingerprint density at radius 1 is 1.63 bits per heavy atom. The molecule has 0 heterocycles. The summed E-state index contributed by atoms with van der Waals surface area (Å²) in [5.74, 6) is 0.420. The third-order valence-corrected chi connectivity index (χ3v) is 4.39. The second-order valence-corrected chi connectivity index (χ2v) is 5.50. The van der Waals surface area contributed by atoms with Crippen molar-refractivity contribution in [3.63, 3.8) is 0 Å². The predicted octanol–water partition coefficient (Wildman–Crippen LogP) is 3.18. The van der Waals surface area contributed by atoms with Crippen LogP contribution in [0.2, 0.25) is 5.02 Å². The molecular formula is C13H16ClNO4. The van der Waals surface area contributed by atoms with Crippen molar-refractivity contribution < 1.29 is 14.8 Å². The van der Waals surface area contributed by atoms with E-state index in [9.17, 15) is 15.2 Å². The lowest BCUT2D eigenvalue weighted by atomic mass is 9.63. The van der Waals surface area contributed by atoms with Gasteiger partial charge in [-0.3, -0.25) is 10.1 Å². The maximum absolute atomic E-state index is 10.6. The average molecular weight is 286 g/mol. The fraction of sp³-hybridized carbons (Fsp3) is 0.538. The molecule has 2 rings (SSSR count). The van der Waals surface area contributed by atoms with Gasteiger partial charge >= 0.3 is 0 Å². The summed E-state index contributed by atoms with van der Waals surface area (Å²) in [5.41, 5.74) is -0.352. The number of aliphatic hydroxyl groups is 1. The molecule has 0 radical (unpaired) electrons. The van der Waals surface area contributed by atoms with E-state index in [0.29, 0.717) is 12.2 Å². The van der Waals surface area contributed by atoms with Crippen LogP contribution in [0.5, 0.6) is 5.75 Å². The van der Waals surface area contributed by atoms with Gasteiger partial charge in [0.2, 0.25) is 0 Å². The van der Waals surface area contributed by atoms with E-state index in [-0.39, 0.29) is 28.3 Å². The van der Waals surface area contributed by atoms with Crippen molar-refractivity contribution in [3.05, 3.63) is 33.3 Å². The van der Waals surface area contributed by atoms with Crippen LogP contribution in [0, 0.1) is 15.5 Å². The summed E-state index contributed by atoms with van der Waals surface area (Å²) in [7, 11) is 0. The fourth-order valence-corrected chi connectivity index (χ4v) is 2.51. The normalized spacial score (nSPS) is 29.7. The molecule has 0 bridgehead atoms. The molecule has 1 aromatic rings. The Kier molecular flexibility index (Phi) is 3.69. The van der Waals surface area contributed by atoms with E-state index in [1.165, 1.54) is 18.2 Å². The number of benzene rings is 1. The van der Waals surface area contributed by atoms with Crippen LogP contribution in [0.4, 0.5) is 5.69 Å². The van der Waals surface area contributed by atoms with Gasteiger partial charge in [-0.1, -0.05) is 25.4 Å². The standard InChI is InChI=1S/C13H16ClNO4/c1-3-13(2)11(16)7-12(13)19-10-5-4-8(15(17)18)6-9(10)14/h4-6,11-12,16H,3,7H2,1-2H3. The van der Waals surface area contributed by atoms with E-state index >= 15 is 0 Å². The van der Waals surface area contributed by atoms with Crippen LogP contribution in [0.25, 0.3) is 0 Å². The maximum Gasteiger partial charge on any atom is 0.271 e. The maximum atomic E-state index is 10.6. The van der Waals surface area contributed by atoms with Crippen molar-refractivity contribution in [2.75, 3.05) is 0 Å². The van der Waals surface area contributed by atoms with Gasteiger partial charge in [-0.2, -0.15) is 0 Å². The lowest BCUT2D eigenvalue weighted by Gasteiger charge is -2.50. The quantitative estimate of drug-likeness (QED) is 0.681. The minimum atomic E-state index is -0.501. The molecule has 0 aliphatic heterocycles. The molecule has 19 heavy (non-hydrogen) atoms. The fourth-order valence-electron chi connectivity index (χ4n) is 2.29. The molecule has 1 N–H and O–H groups in total. The van der Waals surface area contributed by atoms with Crippen LogP contribution in [0.15, 0.2) is 18.2 Å². The average Bonchev–Trinajstić information content (AvgIpc) is 2.38. The molecule has 0 spiro atoms. The first kappa shape index (κ1) is 14.1. The summed E-state index contributed by atoms with van der Waals surface area (Å²) >= 11 is 5.98. The zero-order valence-electron chi connectivity index (χ0n) is 10.8. The van der Waals surface area contributed by atoms with Gasteiger partial charge in [0, 0.05) is 24.0 Å². The zero-order valence-corrected chi connectivity index (χ0v) is 11.6. The molecule has 3 atom stereocenters. The largest absolute Gasteiger partial charge is 0.488 e. The van der Waals surface area contributed by atoms with Crippen LogP contribution in [0.3, 0.4) is 0 Å². The van der Waals surface area contributed by atoms with Gasteiger partial charge in [-0.15, -0.1) is 0 Å². The first-order valence-corrected chi connectivity index (χ1v) is 6.55. The number of ether oxygens (including phenoxy) is 1. The SMILES string of the molecule is CCC1(C)C(O)CC1Oc1ccc([N+](=O)[O-])cc1Cl. The van der Waals surface area contributed by atoms with Crippen molar-refractivity contribution >= 4 is 17.3 Å². The summed E-state index contributed by atoms with van der Waals surface area (Å²) in [5, 5.41) is 20.6. The van der Waals surface area contributed by atoms with Gasteiger partial charge in [0.05, 0.1) is 16.0 Å². The Morgan fingerprint density at radius 3 is 2.79 bits per heavy atom. The molecule has 1 fully saturated rings. The van der Waals surface area contributed by atoms with Crippen molar-refractivity contribution in [3.8, 4) is 5.75 Å². The molecule has 1 aliphatic carbocycles. The second-order valence-electron chi connectivity index (χ2n) is 5.09. The molecule has 0 saturated heterocycles. The molecule has 104 valence electrons. The Balaban J connectivity index is 2.15. The highest BCUT2D eigenvalue weighted by atomic mass is 35.5. The minimum Gasteiger partial charge on any atom is -0.488 e. The zero-order chi connectivity index (χ0) is 14.2. The van der Waals surface area contributed by atoms with Gasteiger partial charge in [0.1, 0.15) is 11.9 Å². The molecule has 1 saturated carbocycles. The monoisotopic (exact) mass is 285 g/mol. The van der Waals surface area contributed by atoms with E-state index < -0.39 is 4.92 Å². The highest BCUT2D eigenvalue weighted by Gasteiger charge is 2.51. The van der Waals surface area contributed by atoms with Crippen molar-refractivity contribution in [2.45, 2.75) is 38.9 Å².